The highest BCUT2D eigenvalue weighted by molar-refractivity contribution is 5.77. The molecule has 0 unspecified atom stereocenters. The van der Waals surface area contributed by atoms with Gasteiger partial charge in [-0.1, -0.05) is 39.7 Å². The number of halogens is 8. The number of alkyl halides is 6. The van der Waals surface area contributed by atoms with Crippen LogP contribution in [0.3, 0.4) is 0 Å². The standard InChI is InChI=1S/C25H26F8N/c1-4-7-8-9-15-11-13-34-17(14-15)18-16(10-12-23(34,5-2)6-3)19(24(28,29)30)22(27)20(21(18)26)25(31,32)33/h10-14H,4-9H2,1-3H3/q+1. The van der Waals surface area contributed by atoms with Gasteiger partial charge in [-0.2, -0.15) is 30.9 Å². The minimum atomic E-state index is -5.66. The summed E-state index contributed by atoms with van der Waals surface area (Å²) in [5, 5.41) is 0. The van der Waals surface area contributed by atoms with Crippen LogP contribution in [0.15, 0.2) is 24.4 Å². The molecule has 1 aromatic carbocycles. The molecule has 0 bridgehead atoms. The molecule has 2 aromatic rings. The molecule has 1 aliphatic heterocycles. The van der Waals surface area contributed by atoms with E-state index in [1.807, 2.05) is 6.92 Å². The minimum Gasteiger partial charge on any atom is -0.206 e. The highest BCUT2D eigenvalue weighted by Gasteiger charge is 2.50. The van der Waals surface area contributed by atoms with Crippen molar-refractivity contribution in [2.45, 2.75) is 77.2 Å². The molecular formula is C25H26F8N+. The van der Waals surface area contributed by atoms with E-state index in [-0.39, 0.29) is 5.69 Å². The van der Waals surface area contributed by atoms with Crippen LogP contribution in [0, 0.1) is 11.6 Å². The van der Waals surface area contributed by atoms with E-state index in [1.165, 1.54) is 16.7 Å². The van der Waals surface area contributed by atoms with Crippen molar-refractivity contribution < 1.29 is 39.7 Å². The van der Waals surface area contributed by atoms with Crippen LogP contribution >= 0.6 is 0 Å². The van der Waals surface area contributed by atoms with Crippen molar-refractivity contribution in [3.63, 3.8) is 0 Å². The summed E-state index contributed by atoms with van der Waals surface area (Å²) >= 11 is 0. The second kappa shape index (κ2) is 9.30. The first-order valence-corrected chi connectivity index (χ1v) is 11.3. The Morgan fingerprint density at radius 1 is 0.853 bits per heavy atom. The molecule has 0 atom stereocenters. The van der Waals surface area contributed by atoms with Crippen molar-refractivity contribution in [3.05, 3.63) is 58.3 Å². The highest BCUT2D eigenvalue weighted by atomic mass is 19.4. The van der Waals surface area contributed by atoms with Gasteiger partial charge in [0.05, 0.1) is 5.56 Å². The fourth-order valence-corrected chi connectivity index (χ4v) is 4.66. The van der Waals surface area contributed by atoms with Crippen molar-refractivity contribution in [2.24, 2.45) is 0 Å². The van der Waals surface area contributed by atoms with E-state index in [1.54, 1.807) is 26.1 Å². The first kappa shape index (κ1) is 26.2. The summed E-state index contributed by atoms with van der Waals surface area (Å²) in [6.45, 7) is 5.55. The normalized spacial score (nSPS) is 15.1. The molecule has 1 aliphatic rings. The van der Waals surface area contributed by atoms with Crippen LogP contribution < -0.4 is 4.57 Å². The number of rotatable bonds is 6. The highest BCUT2D eigenvalue weighted by Crippen LogP contribution is 2.47. The zero-order chi connectivity index (χ0) is 25.5. The summed E-state index contributed by atoms with van der Waals surface area (Å²) in [6, 6.07) is 3.18. The van der Waals surface area contributed by atoms with Gasteiger partial charge in [0.1, 0.15) is 11.1 Å². The summed E-state index contributed by atoms with van der Waals surface area (Å²) < 4.78 is 114. The number of nitrogens with zero attached hydrogens (tertiary/aromatic N) is 1. The van der Waals surface area contributed by atoms with Crippen LogP contribution in [0.25, 0.3) is 17.3 Å². The second-order valence-corrected chi connectivity index (χ2v) is 8.55. The van der Waals surface area contributed by atoms with E-state index < -0.39 is 51.8 Å². The van der Waals surface area contributed by atoms with Gasteiger partial charge >= 0.3 is 12.4 Å². The Hall–Kier alpha value is -2.45. The quantitative estimate of drug-likeness (QED) is 0.217. The summed E-state index contributed by atoms with van der Waals surface area (Å²) in [7, 11) is 0. The average Bonchev–Trinajstić information content (AvgIpc) is 2.87. The Kier molecular flexibility index (Phi) is 7.16. The number of hydrogen-bond acceptors (Lipinski definition) is 0. The number of unbranched alkanes of at least 4 members (excludes halogenated alkanes) is 2. The molecule has 0 saturated carbocycles. The smallest absolute Gasteiger partial charge is 0.206 e. The molecule has 0 N–H and O–H groups in total. The summed E-state index contributed by atoms with van der Waals surface area (Å²) in [5.41, 5.74) is -6.88. The number of aromatic nitrogens is 1. The third-order valence-corrected chi connectivity index (χ3v) is 6.59. The zero-order valence-corrected chi connectivity index (χ0v) is 19.1. The summed E-state index contributed by atoms with van der Waals surface area (Å²) in [5.74, 6) is -4.69. The lowest BCUT2D eigenvalue weighted by molar-refractivity contribution is -0.743. The predicted molar refractivity (Wildman–Crippen MR) is 113 cm³/mol. The van der Waals surface area contributed by atoms with E-state index in [9.17, 15) is 30.7 Å². The van der Waals surface area contributed by atoms with Gasteiger partial charge in [-0.25, -0.2) is 8.78 Å². The van der Waals surface area contributed by atoms with Gasteiger partial charge in [0.2, 0.25) is 5.69 Å². The number of pyridine rings is 1. The fourth-order valence-electron chi connectivity index (χ4n) is 4.66. The second-order valence-electron chi connectivity index (χ2n) is 8.55. The Morgan fingerprint density at radius 3 is 2.00 bits per heavy atom. The largest absolute Gasteiger partial charge is 0.422 e. The fraction of sp³-hybridized carbons (Fsp3) is 0.480. The van der Waals surface area contributed by atoms with Gasteiger partial charge in [-0.15, -0.1) is 0 Å². The number of allylic oxidation sites excluding steroid dienone is 1. The lowest BCUT2D eigenvalue weighted by Gasteiger charge is -2.24. The third-order valence-electron chi connectivity index (χ3n) is 6.59. The first-order valence-electron chi connectivity index (χ1n) is 11.3. The monoisotopic (exact) mass is 492 g/mol. The Balaban J connectivity index is 2.50. The topological polar surface area (TPSA) is 3.88 Å². The van der Waals surface area contributed by atoms with Gasteiger partial charge in [-0.05, 0) is 24.5 Å². The third kappa shape index (κ3) is 4.45. The van der Waals surface area contributed by atoms with Crippen LogP contribution in [0.1, 0.15) is 75.1 Å². The van der Waals surface area contributed by atoms with Gasteiger partial charge < -0.3 is 0 Å². The van der Waals surface area contributed by atoms with Crippen molar-refractivity contribution in [2.75, 3.05) is 0 Å². The van der Waals surface area contributed by atoms with Crippen LogP contribution in [-0.4, -0.2) is 0 Å². The molecule has 9 heteroatoms. The predicted octanol–water partition coefficient (Wildman–Crippen LogP) is 8.23. The molecule has 34 heavy (non-hydrogen) atoms. The molecule has 0 radical (unpaired) electrons. The molecule has 0 spiro atoms. The average molecular weight is 492 g/mol. The zero-order valence-electron chi connectivity index (χ0n) is 19.1. The van der Waals surface area contributed by atoms with E-state index in [0.717, 1.165) is 25.3 Å². The molecule has 186 valence electrons. The number of aryl methyl sites for hydroxylation is 1. The maximum Gasteiger partial charge on any atom is 0.422 e. The van der Waals surface area contributed by atoms with E-state index in [2.05, 4.69) is 0 Å². The van der Waals surface area contributed by atoms with Gasteiger partial charge in [0, 0.05) is 30.5 Å². The lowest BCUT2D eigenvalue weighted by atomic mass is 9.91. The number of benzene rings is 1. The molecule has 3 rings (SSSR count). The molecule has 1 aromatic heterocycles. The SMILES string of the molecule is CCCCCc1cc[n+]2c(c1)-c1c(F)c(C(F)(F)F)c(F)c(C(F)(F)F)c1C=CC2(CC)CC. The maximum absolute atomic E-state index is 15.5. The lowest BCUT2D eigenvalue weighted by Crippen LogP contribution is -2.55. The Bertz CT molecular complexity index is 1090. The van der Waals surface area contributed by atoms with Crippen molar-refractivity contribution >= 4 is 6.08 Å². The minimum absolute atomic E-state index is 0.133. The number of fused-ring (bicyclic) bond motifs is 3. The van der Waals surface area contributed by atoms with Gasteiger partial charge in [0.25, 0.3) is 0 Å². The van der Waals surface area contributed by atoms with Crippen LogP contribution in [0.4, 0.5) is 35.1 Å². The van der Waals surface area contributed by atoms with Crippen LogP contribution in [0.5, 0.6) is 0 Å². The van der Waals surface area contributed by atoms with Crippen LogP contribution in [0.2, 0.25) is 0 Å². The molecule has 2 heterocycles. The molecule has 0 amide bonds. The molecular weight excluding hydrogens is 466 g/mol. The first-order chi connectivity index (χ1) is 15.8. The van der Waals surface area contributed by atoms with Crippen molar-refractivity contribution in [3.8, 4) is 11.3 Å². The van der Waals surface area contributed by atoms with E-state index >= 15 is 4.39 Å². The molecule has 0 fully saturated rings. The van der Waals surface area contributed by atoms with E-state index in [4.69, 9.17) is 0 Å². The summed E-state index contributed by atoms with van der Waals surface area (Å²) in [6.07, 6.45) is -3.41. The van der Waals surface area contributed by atoms with Crippen molar-refractivity contribution in [1.29, 1.82) is 0 Å². The summed E-state index contributed by atoms with van der Waals surface area (Å²) in [4.78, 5) is 0. The van der Waals surface area contributed by atoms with Crippen LogP contribution in [-0.2, 0) is 24.3 Å². The molecule has 1 nitrogen and oxygen atoms in total. The Labute approximate surface area is 193 Å². The maximum atomic E-state index is 15.5. The Morgan fingerprint density at radius 2 is 1.47 bits per heavy atom. The number of hydrogen-bond donors (Lipinski definition) is 0. The molecule has 0 saturated heterocycles. The van der Waals surface area contributed by atoms with Crippen molar-refractivity contribution in [1.82, 2.24) is 0 Å². The molecule has 0 aliphatic carbocycles. The van der Waals surface area contributed by atoms with E-state index in [0.29, 0.717) is 24.8 Å². The van der Waals surface area contributed by atoms with Gasteiger partial charge in [0.15, 0.2) is 23.4 Å². The van der Waals surface area contributed by atoms with Gasteiger partial charge in [-0.3, -0.25) is 0 Å².